The second-order valence-corrected chi connectivity index (χ2v) is 10.00. The maximum atomic E-state index is 13.2. The molecule has 0 aliphatic heterocycles. The molecule has 1 amide bonds. The van der Waals surface area contributed by atoms with Crippen LogP contribution in [0.5, 0.6) is 0 Å². The van der Waals surface area contributed by atoms with Crippen molar-refractivity contribution in [3.05, 3.63) is 101 Å². The van der Waals surface area contributed by atoms with Crippen LogP contribution >= 0.6 is 11.3 Å². The zero-order valence-electron chi connectivity index (χ0n) is 18.0. The van der Waals surface area contributed by atoms with Crippen molar-refractivity contribution in [3.63, 3.8) is 0 Å². The third-order valence-electron chi connectivity index (χ3n) is 4.98. The number of hydrogen-bond acceptors (Lipinski definition) is 5. The summed E-state index contributed by atoms with van der Waals surface area (Å²) in [7, 11) is -1.02. The van der Waals surface area contributed by atoms with Crippen LogP contribution in [0, 0.1) is 0 Å². The van der Waals surface area contributed by atoms with Crippen molar-refractivity contribution in [2.75, 3.05) is 11.1 Å². The number of rotatable bonds is 8. The first-order valence-electron chi connectivity index (χ1n) is 10.5. The molecule has 0 radical (unpaired) electrons. The van der Waals surface area contributed by atoms with E-state index in [4.69, 9.17) is 0 Å². The van der Waals surface area contributed by atoms with Gasteiger partial charge < -0.3 is 5.32 Å². The number of benzene rings is 3. The molecule has 1 unspecified atom stereocenters. The van der Waals surface area contributed by atoms with E-state index in [-0.39, 0.29) is 18.1 Å². The first-order chi connectivity index (χ1) is 16.0. The first-order valence-corrected chi connectivity index (χ1v) is 12.6. The van der Waals surface area contributed by atoms with Gasteiger partial charge in [-0.3, -0.25) is 13.8 Å². The van der Waals surface area contributed by atoms with E-state index in [0.717, 1.165) is 16.0 Å². The predicted molar refractivity (Wildman–Crippen MR) is 133 cm³/mol. The Morgan fingerprint density at radius 2 is 1.55 bits per heavy atom. The van der Waals surface area contributed by atoms with Crippen molar-refractivity contribution < 1.29 is 13.8 Å². The van der Waals surface area contributed by atoms with E-state index in [1.807, 2.05) is 67.6 Å². The van der Waals surface area contributed by atoms with Gasteiger partial charge in [-0.05, 0) is 17.7 Å². The van der Waals surface area contributed by atoms with Gasteiger partial charge in [0.1, 0.15) is 4.88 Å². The zero-order valence-corrected chi connectivity index (χ0v) is 19.6. The van der Waals surface area contributed by atoms with Crippen molar-refractivity contribution in [2.45, 2.75) is 18.2 Å². The topological polar surface area (TPSA) is 76.1 Å². The van der Waals surface area contributed by atoms with Crippen molar-refractivity contribution in [1.29, 1.82) is 0 Å². The van der Waals surface area contributed by atoms with Crippen LogP contribution in [0.1, 0.15) is 27.7 Å². The standard InChI is InChI=1S/C26H22N2O3S2/c1-2-33(31)21-15-13-18(14-16-21)17-22(29)27-26-28-23(19-9-5-3-6-10-19)25(32-26)24(30)20-11-7-4-8-12-20/h3-16H,2,17H2,1H3,(H,27,28,29). The SMILES string of the molecule is CCS(=O)c1ccc(CC(=O)Nc2nc(-c3ccccc3)c(C(=O)c3ccccc3)s2)cc1. The largest absolute Gasteiger partial charge is 0.302 e. The quantitative estimate of drug-likeness (QED) is 0.349. The average molecular weight is 475 g/mol. The van der Waals surface area contributed by atoms with E-state index < -0.39 is 10.8 Å². The van der Waals surface area contributed by atoms with Crippen molar-refractivity contribution in [1.82, 2.24) is 4.98 Å². The summed E-state index contributed by atoms with van der Waals surface area (Å²) >= 11 is 1.17. The van der Waals surface area contributed by atoms with Crippen LogP contribution in [-0.4, -0.2) is 26.6 Å². The van der Waals surface area contributed by atoms with Crippen molar-refractivity contribution in [2.24, 2.45) is 0 Å². The molecule has 0 bridgehead atoms. The van der Waals surface area contributed by atoms with Crippen molar-refractivity contribution in [3.8, 4) is 11.3 Å². The first kappa shape index (κ1) is 22.8. The Balaban J connectivity index is 1.56. The van der Waals surface area contributed by atoms with Gasteiger partial charge in [0, 0.05) is 21.8 Å². The molecule has 1 aromatic heterocycles. The van der Waals surface area contributed by atoms with Crippen LogP contribution in [0.15, 0.2) is 89.8 Å². The molecule has 0 aliphatic rings. The molecule has 4 rings (SSSR count). The van der Waals surface area contributed by atoms with Crippen LogP contribution in [0.4, 0.5) is 5.13 Å². The number of ketones is 1. The number of thiazole rings is 1. The molecule has 1 N–H and O–H groups in total. The lowest BCUT2D eigenvalue weighted by Gasteiger charge is -2.04. The number of hydrogen-bond donors (Lipinski definition) is 1. The molecule has 0 spiro atoms. The zero-order chi connectivity index (χ0) is 23.2. The highest BCUT2D eigenvalue weighted by atomic mass is 32.2. The molecule has 166 valence electrons. The second kappa shape index (κ2) is 10.5. The fourth-order valence-corrected chi connectivity index (χ4v) is 5.05. The van der Waals surface area contributed by atoms with E-state index >= 15 is 0 Å². The average Bonchev–Trinajstić information content (AvgIpc) is 3.28. The minimum atomic E-state index is -1.02. The maximum Gasteiger partial charge on any atom is 0.230 e. The molecule has 4 aromatic rings. The molecule has 0 aliphatic carbocycles. The van der Waals surface area contributed by atoms with Gasteiger partial charge in [0.15, 0.2) is 5.13 Å². The molecular formula is C26H22N2O3S2. The van der Waals surface area contributed by atoms with E-state index in [1.165, 1.54) is 11.3 Å². The van der Waals surface area contributed by atoms with E-state index in [2.05, 4.69) is 10.3 Å². The lowest BCUT2D eigenvalue weighted by molar-refractivity contribution is -0.115. The Kier molecular flexibility index (Phi) is 7.22. The van der Waals surface area contributed by atoms with Crippen LogP contribution < -0.4 is 5.32 Å². The summed E-state index contributed by atoms with van der Waals surface area (Å²) in [6.45, 7) is 1.87. The molecule has 1 atom stereocenters. The molecule has 0 saturated carbocycles. The summed E-state index contributed by atoms with van der Waals surface area (Å²) in [4.78, 5) is 31.7. The van der Waals surface area contributed by atoms with Gasteiger partial charge >= 0.3 is 0 Å². The minimum absolute atomic E-state index is 0.132. The molecule has 7 heteroatoms. The van der Waals surface area contributed by atoms with Crippen LogP contribution in [0.25, 0.3) is 11.3 Å². The highest BCUT2D eigenvalue weighted by molar-refractivity contribution is 7.85. The normalized spacial score (nSPS) is 11.7. The van der Waals surface area contributed by atoms with Gasteiger partial charge in [-0.15, -0.1) is 0 Å². The summed E-state index contributed by atoms with van der Waals surface area (Å²) < 4.78 is 11.9. The van der Waals surface area contributed by atoms with Gasteiger partial charge in [-0.2, -0.15) is 0 Å². The summed E-state index contributed by atoms with van der Waals surface area (Å²) in [6, 6.07) is 25.7. The fourth-order valence-electron chi connectivity index (χ4n) is 3.31. The third kappa shape index (κ3) is 5.50. The lowest BCUT2D eigenvalue weighted by Crippen LogP contribution is -2.14. The third-order valence-corrected chi connectivity index (χ3v) is 7.27. The molecule has 33 heavy (non-hydrogen) atoms. The fraction of sp³-hybridized carbons (Fsp3) is 0.115. The number of amides is 1. The van der Waals surface area contributed by atoms with E-state index in [1.54, 1.807) is 24.3 Å². The van der Waals surface area contributed by atoms with E-state index in [0.29, 0.717) is 27.0 Å². The van der Waals surface area contributed by atoms with Crippen LogP contribution in [0.2, 0.25) is 0 Å². The smallest absolute Gasteiger partial charge is 0.230 e. The Morgan fingerprint density at radius 3 is 2.18 bits per heavy atom. The summed E-state index contributed by atoms with van der Waals surface area (Å²) in [5.74, 6) is 0.191. The molecule has 0 saturated heterocycles. The van der Waals surface area contributed by atoms with Gasteiger partial charge in [0.05, 0.1) is 22.9 Å². The summed E-state index contributed by atoms with van der Waals surface area (Å²) in [5, 5.41) is 3.21. The van der Waals surface area contributed by atoms with Gasteiger partial charge in [-0.1, -0.05) is 91.1 Å². The molecule has 3 aromatic carbocycles. The monoisotopic (exact) mass is 474 g/mol. The number of carbonyl (C=O) groups is 2. The van der Waals surface area contributed by atoms with Crippen molar-refractivity contribution >= 4 is 39.0 Å². The van der Waals surface area contributed by atoms with Gasteiger partial charge in [0.25, 0.3) is 0 Å². The predicted octanol–water partition coefficient (Wildman–Crippen LogP) is 5.35. The maximum absolute atomic E-state index is 13.2. The Hall–Kier alpha value is -3.42. The van der Waals surface area contributed by atoms with Crippen LogP contribution in [0.3, 0.4) is 0 Å². The minimum Gasteiger partial charge on any atom is -0.302 e. The molecule has 5 nitrogen and oxygen atoms in total. The molecule has 1 heterocycles. The molecular weight excluding hydrogens is 452 g/mol. The van der Waals surface area contributed by atoms with E-state index in [9.17, 15) is 13.8 Å². The van der Waals surface area contributed by atoms with Gasteiger partial charge in [-0.25, -0.2) is 4.98 Å². The van der Waals surface area contributed by atoms with Crippen LogP contribution in [-0.2, 0) is 22.0 Å². The number of anilines is 1. The number of carbonyl (C=O) groups excluding carboxylic acids is 2. The Bertz CT molecular complexity index is 1280. The highest BCUT2D eigenvalue weighted by Gasteiger charge is 2.21. The Labute approximate surface area is 199 Å². The van der Waals surface area contributed by atoms with Gasteiger partial charge in [0.2, 0.25) is 11.7 Å². The second-order valence-electron chi connectivity index (χ2n) is 7.26. The number of aromatic nitrogens is 1. The summed E-state index contributed by atoms with van der Waals surface area (Å²) in [5.41, 5.74) is 2.75. The number of nitrogens with zero attached hydrogens (tertiary/aromatic N) is 1. The lowest BCUT2D eigenvalue weighted by atomic mass is 10.1. The molecule has 0 fully saturated rings. The highest BCUT2D eigenvalue weighted by Crippen LogP contribution is 2.33. The Morgan fingerprint density at radius 1 is 0.909 bits per heavy atom. The summed E-state index contributed by atoms with van der Waals surface area (Å²) in [6.07, 6.45) is 0.154. The number of nitrogens with one attached hydrogen (secondary N) is 1.